The molecule has 1 nitrogen and oxygen atoms in total. The lowest BCUT2D eigenvalue weighted by Crippen LogP contribution is -1.96. The summed E-state index contributed by atoms with van der Waals surface area (Å²) in [5, 5.41) is 1.28. The summed E-state index contributed by atoms with van der Waals surface area (Å²) in [6.45, 7) is 4.22. The van der Waals surface area contributed by atoms with Gasteiger partial charge in [-0.2, -0.15) is 0 Å². The number of hydrogen-bond donors (Lipinski definition) is 0. The predicted octanol–water partition coefficient (Wildman–Crippen LogP) is 2.17. The van der Waals surface area contributed by atoms with E-state index in [0.29, 0.717) is 8.81 Å². The van der Waals surface area contributed by atoms with Crippen molar-refractivity contribution in [3.8, 4) is 0 Å². The van der Waals surface area contributed by atoms with E-state index >= 15 is 0 Å². The van der Waals surface area contributed by atoms with Gasteiger partial charge in [0.15, 0.2) is 0 Å². The third-order valence-corrected chi connectivity index (χ3v) is 2.17. The van der Waals surface area contributed by atoms with Crippen LogP contribution in [0, 0.1) is 13.8 Å². The van der Waals surface area contributed by atoms with E-state index in [-0.39, 0.29) is 0 Å². The number of rotatable bonds is 2. The molecule has 0 amide bonds. The Hall–Kier alpha value is -0.390. The van der Waals surface area contributed by atoms with Crippen LogP contribution in [0.4, 0.5) is 0 Å². The first-order valence-corrected chi connectivity index (χ1v) is 4.50. The van der Waals surface area contributed by atoms with Crippen molar-refractivity contribution in [3.63, 3.8) is 0 Å². The number of aryl methyl sites for hydroxylation is 2. The van der Waals surface area contributed by atoms with Crippen molar-refractivity contribution in [2.75, 3.05) is 7.11 Å². The Balaban J connectivity index is 2.89. The van der Waals surface area contributed by atoms with E-state index in [1.165, 1.54) is 16.4 Å². The standard InChI is InChI=1S/C9H13OP/c1-7-4-8(2)6-9(5-7)11-10-3/h4-6,11H,1-3H3. The highest BCUT2D eigenvalue weighted by Crippen LogP contribution is 2.12. The van der Waals surface area contributed by atoms with Gasteiger partial charge in [0.25, 0.3) is 0 Å². The molecule has 1 rings (SSSR count). The van der Waals surface area contributed by atoms with Crippen molar-refractivity contribution in [2.24, 2.45) is 0 Å². The molecular formula is C9H13OP. The molecule has 11 heavy (non-hydrogen) atoms. The summed E-state index contributed by atoms with van der Waals surface area (Å²) in [4.78, 5) is 0. The number of hydrogen-bond acceptors (Lipinski definition) is 1. The molecule has 0 heterocycles. The fourth-order valence-electron chi connectivity index (χ4n) is 1.15. The van der Waals surface area contributed by atoms with E-state index in [9.17, 15) is 0 Å². The molecule has 0 fully saturated rings. The molecule has 1 atom stereocenters. The second kappa shape index (κ2) is 3.85. The maximum absolute atomic E-state index is 5.07. The van der Waals surface area contributed by atoms with E-state index in [4.69, 9.17) is 4.52 Å². The SMILES string of the molecule is COPc1cc(C)cc(C)c1. The van der Waals surface area contributed by atoms with Crippen LogP contribution in [0.25, 0.3) is 0 Å². The van der Waals surface area contributed by atoms with Crippen molar-refractivity contribution in [1.29, 1.82) is 0 Å². The normalized spacial score (nSPS) is 11.2. The average Bonchev–Trinajstić information content (AvgIpc) is 1.85. The Morgan fingerprint density at radius 1 is 1.09 bits per heavy atom. The summed E-state index contributed by atoms with van der Waals surface area (Å²) >= 11 is 0. The van der Waals surface area contributed by atoms with Gasteiger partial charge in [-0.05, 0) is 31.3 Å². The van der Waals surface area contributed by atoms with Crippen LogP contribution in [0.2, 0.25) is 0 Å². The second-order valence-corrected chi connectivity index (χ2v) is 3.87. The molecule has 60 valence electrons. The topological polar surface area (TPSA) is 9.23 Å². The van der Waals surface area contributed by atoms with Crippen LogP contribution < -0.4 is 5.30 Å². The van der Waals surface area contributed by atoms with E-state index in [1.807, 2.05) is 0 Å². The molecule has 0 aliphatic carbocycles. The summed E-state index contributed by atoms with van der Waals surface area (Å²) < 4.78 is 5.07. The molecule has 1 aromatic carbocycles. The summed E-state index contributed by atoms with van der Waals surface area (Å²) in [5.41, 5.74) is 2.62. The van der Waals surface area contributed by atoms with Crippen LogP contribution in [0.1, 0.15) is 11.1 Å². The van der Waals surface area contributed by atoms with Crippen LogP contribution in [-0.2, 0) is 4.52 Å². The molecule has 0 aliphatic rings. The van der Waals surface area contributed by atoms with Crippen molar-refractivity contribution in [2.45, 2.75) is 13.8 Å². The van der Waals surface area contributed by atoms with Crippen LogP contribution in [-0.4, -0.2) is 7.11 Å². The highest BCUT2D eigenvalue weighted by Gasteiger charge is 1.93. The molecule has 0 N–H and O–H groups in total. The molecule has 0 saturated heterocycles. The van der Waals surface area contributed by atoms with Crippen LogP contribution in [0.15, 0.2) is 18.2 Å². The molecule has 0 aromatic heterocycles. The third kappa shape index (κ3) is 2.61. The van der Waals surface area contributed by atoms with Crippen LogP contribution >= 0.6 is 8.81 Å². The Bertz CT molecular complexity index is 225. The van der Waals surface area contributed by atoms with E-state index in [0.717, 1.165) is 0 Å². The largest absolute Gasteiger partial charge is 0.361 e. The Kier molecular flexibility index (Phi) is 3.04. The van der Waals surface area contributed by atoms with Gasteiger partial charge in [0, 0.05) is 15.9 Å². The van der Waals surface area contributed by atoms with E-state index in [1.54, 1.807) is 7.11 Å². The Morgan fingerprint density at radius 3 is 2.09 bits per heavy atom. The van der Waals surface area contributed by atoms with Crippen molar-refractivity contribution in [3.05, 3.63) is 29.3 Å². The highest BCUT2D eigenvalue weighted by atomic mass is 31.1. The van der Waals surface area contributed by atoms with Gasteiger partial charge in [0.1, 0.15) is 0 Å². The predicted molar refractivity (Wildman–Crippen MR) is 50.9 cm³/mol. The lowest BCUT2D eigenvalue weighted by molar-refractivity contribution is 0.481. The smallest absolute Gasteiger partial charge is 0.0456 e. The van der Waals surface area contributed by atoms with Gasteiger partial charge < -0.3 is 4.52 Å². The summed E-state index contributed by atoms with van der Waals surface area (Å²) in [5.74, 6) is 0. The lowest BCUT2D eigenvalue weighted by Gasteiger charge is -2.02. The maximum atomic E-state index is 5.07. The highest BCUT2D eigenvalue weighted by molar-refractivity contribution is 7.41. The molecule has 1 aromatic rings. The molecular weight excluding hydrogens is 155 g/mol. The van der Waals surface area contributed by atoms with E-state index < -0.39 is 0 Å². The van der Waals surface area contributed by atoms with Crippen LogP contribution in [0.5, 0.6) is 0 Å². The first kappa shape index (κ1) is 8.70. The van der Waals surface area contributed by atoms with Gasteiger partial charge in [0.05, 0.1) is 0 Å². The molecule has 0 spiro atoms. The minimum atomic E-state index is 0.480. The Morgan fingerprint density at radius 2 is 1.64 bits per heavy atom. The zero-order valence-electron chi connectivity index (χ0n) is 7.14. The molecule has 0 radical (unpaired) electrons. The van der Waals surface area contributed by atoms with Crippen molar-refractivity contribution in [1.82, 2.24) is 0 Å². The van der Waals surface area contributed by atoms with Gasteiger partial charge in [-0.15, -0.1) is 0 Å². The monoisotopic (exact) mass is 168 g/mol. The van der Waals surface area contributed by atoms with Crippen molar-refractivity contribution < 1.29 is 4.52 Å². The first-order chi connectivity index (χ1) is 5.22. The Labute approximate surface area is 69.6 Å². The molecule has 2 heteroatoms. The fraction of sp³-hybridized carbons (Fsp3) is 0.333. The minimum Gasteiger partial charge on any atom is -0.361 e. The summed E-state index contributed by atoms with van der Waals surface area (Å²) in [6.07, 6.45) is 0. The van der Waals surface area contributed by atoms with E-state index in [2.05, 4.69) is 32.0 Å². The van der Waals surface area contributed by atoms with Gasteiger partial charge in [0.2, 0.25) is 0 Å². The zero-order valence-corrected chi connectivity index (χ0v) is 8.14. The number of benzene rings is 1. The lowest BCUT2D eigenvalue weighted by atomic mass is 10.2. The van der Waals surface area contributed by atoms with Gasteiger partial charge in [-0.3, -0.25) is 0 Å². The summed E-state index contributed by atoms with van der Waals surface area (Å²) in [7, 11) is 2.21. The van der Waals surface area contributed by atoms with Gasteiger partial charge >= 0.3 is 0 Å². The minimum absolute atomic E-state index is 0.480. The van der Waals surface area contributed by atoms with Gasteiger partial charge in [-0.25, -0.2) is 0 Å². The van der Waals surface area contributed by atoms with Crippen LogP contribution in [0.3, 0.4) is 0 Å². The third-order valence-electron chi connectivity index (χ3n) is 1.44. The second-order valence-electron chi connectivity index (χ2n) is 2.68. The summed E-state index contributed by atoms with van der Waals surface area (Å²) in [6, 6.07) is 6.49. The van der Waals surface area contributed by atoms with Crippen molar-refractivity contribution >= 4 is 14.1 Å². The molecule has 1 unspecified atom stereocenters. The average molecular weight is 168 g/mol. The fourth-order valence-corrected chi connectivity index (χ4v) is 1.96. The molecule has 0 saturated carbocycles. The molecule has 0 bridgehead atoms. The quantitative estimate of drug-likeness (QED) is 0.615. The zero-order chi connectivity index (χ0) is 8.27. The van der Waals surface area contributed by atoms with Gasteiger partial charge in [-0.1, -0.05) is 17.2 Å². The first-order valence-electron chi connectivity index (χ1n) is 3.59. The molecule has 0 aliphatic heterocycles. The maximum Gasteiger partial charge on any atom is 0.0456 e.